The molecule has 0 aliphatic carbocycles. The molecule has 1 aromatic carbocycles. The molecule has 1 N–H and O–H groups in total. The van der Waals surface area contributed by atoms with Crippen molar-refractivity contribution < 1.29 is 28.8 Å². The second-order valence-corrected chi connectivity index (χ2v) is 3.61. The van der Waals surface area contributed by atoms with E-state index in [1.807, 2.05) is 0 Å². The monoisotopic (exact) mass is 247 g/mol. The van der Waals surface area contributed by atoms with Gasteiger partial charge in [-0.05, 0) is 11.6 Å². The van der Waals surface area contributed by atoms with Crippen LogP contribution in [0.3, 0.4) is 0 Å². The van der Waals surface area contributed by atoms with Gasteiger partial charge in [0.25, 0.3) is 0 Å². The van der Waals surface area contributed by atoms with Crippen LogP contribution in [0.1, 0.15) is 10.4 Å². The number of hydrogen-bond acceptors (Lipinski definition) is 6. The number of carbonyl (C=O) groups excluding carboxylic acids is 1. The van der Waals surface area contributed by atoms with Crippen LogP contribution in [0.5, 0.6) is 0 Å². The Hall–Kier alpha value is -2.23. The van der Waals surface area contributed by atoms with Gasteiger partial charge in [0.2, 0.25) is 5.65 Å². The molecular weight excluding hydrogens is 241 g/mol. The van der Waals surface area contributed by atoms with Crippen LogP contribution in [0, 0.1) is 0 Å². The van der Waals surface area contributed by atoms with Gasteiger partial charge in [0.15, 0.2) is 5.65 Å². The quantitative estimate of drug-likeness (QED) is 0.477. The predicted octanol–water partition coefficient (Wildman–Crippen LogP) is -3.22. The van der Waals surface area contributed by atoms with Gasteiger partial charge in [-0.1, -0.05) is 23.4 Å². The molecule has 0 bridgehead atoms. The van der Waals surface area contributed by atoms with Crippen LogP contribution in [0.4, 0.5) is 0 Å². The van der Waals surface area contributed by atoms with E-state index in [0.717, 1.165) is 0 Å². The molecule has 0 atom stereocenters. The summed E-state index contributed by atoms with van der Waals surface area (Å²) in [4.78, 5) is 19.1. The molecule has 3 rings (SSSR count). The predicted molar refractivity (Wildman–Crippen MR) is 59.2 cm³/mol. The number of H-pyrrole nitrogens is 1. The Bertz CT molecular complexity index is 743. The van der Waals surface area contributed by atoms with Crippen molar-refractivity contribution in [1.29, 1.82) is 0 Å². The summed E-state index contributed by atoms with van der Waals surface area (Å²) in [6.45, 7) is 0. The van der Waals surface area contributed by atoms with Crippen LogP contribution in [0.15, 0.2) is 30.5 Å². The zero-order valence-electron chi connectivity index (χ0n) is 9.99. The number of nitrogens with one attached hydrogen (secondary N) is 1. The molecule has 0 unspecified atom stereocenters. The number of carboxylic acids is 1. The maximum absolute atomic E-state index is 10.8. The first kappa shape index (κ1) is 13.2. The van der Waals surface area contributed by atoms with Crippen LogP contribution < -0.4 is 24.0 Å². The van der Waals surface area contributed by atoms with Crippen molar-refractivity contribution in [2.24, 2.45) is 0 Å². The molecule has 0 aliphatic rings. The molecule has 0 saturated carbocycles. The molecule has 0 aliphatic heterocycles. The summed E-state index contributed by atoms with van der Waals surface area (Å²) in [6, 6.07) is 6.31. The number of benzene rings is 1. The van der Waals surface area contributed by atoms with Crippen LogP contribution >= 0.6 is 0 Å². The molecule has 2 aromatic heterocycles. The van der Waals surface area contributed by atoms with Crippen LogP contribution in [-0.4, -0.2) is 31.3 Å². The van der Waals surface area contributed by atoms with E-state index in [-0.39, 0.29) is 24.4 Å². The van der Waals surface area contributed by atoms with Crippen molar-refractivity contribution >= 4 is 17.3 Å². The fourth-order valence-electron chi connectivity index (χ4n) is 1.60. The van der Waals surface area contributed by atoms with Gasteiger partial charge in [-0.15, -0.1) is 5.10 Å². The number of fused-ring (bicyclic) bond motifs is 1. The average molecular weight is 247 g/mol. The van der Waals surface area contributed by atoms with E-state index in [4.69, 9.17) is 0 Å². The van der Waals surface area contributed by atoms with Crippen molar-refractivity contribution in [2.45, 2.75) is 0 Å². The zero-order valence-corrected chi connectivity index (χ0v) is 9.99. The Morgan fingerprint density at radius 1 is 1.32 bits per heavy atom. The largest absolute Gasteiger partial charge is 1.00 e. The summed E-state index contributed by atoms with van der Waals surface area (Å²) < 4.78 is 0. The molecule has 0 amide bonds. The van der Waals surface area contributed by atoms with Gasteiger partial charge in [0.05, 0.1) is 17.9 Å². The summed E-state index contributed by atoms with van der Waals surface area (Å²) in [6.07, 6.45) is 1.51. The van der Waals surface area contributed by atoms with Crippen LogP contribution in [-0.2, 0) is 0 Å². The number of carbonyl (C=O) groups is 1. The first-order valence-corrected chi connectivity index (χ1v) is 5.09. The minimum atomic E-state index is -1.23. The molecule has 88 valence electrons. The molecule has 19 heavy (non-hydrogen) atoms. The van der Waals surface area contributed by atoms with E-state index in [0.29, 0.717) is 22.6 Å². The van der Waals surface area contributed by atoms with E-state index < -0.39 is 5.97 Å². The molecule has 3 aromatic rings. The van der Waals surface area contributed by atoms with Crippen molar-refractivity contribution in [3.63, 3.8) is 0 Å². The number of aromatic nitrogens is 5. The number of hydrogen-bond donors (Lipinski definition) is 1. The third kappa shape index (κ3) is 2.47. The molecule has 0 spiro atoms. The number of rotatable bonds is 2. The summed E-state index contributed by atoms with van der Waals surface area (Å²) >= 11 is 0. The Labute approximate surface area is 119 Å². The van der Waals surface area contributed by atoms with Crippen LogP contribution in [0.2, 0.25) is 0 Å². The van der Waals surface area contributed by atoms with Gasteiger partial charge in [0.1, 0.15) is 0 Å². The van der Waals surface area contributed by atoms with Crippen molar-refractivity contribution in [1.82, 2.24) is 25.4 Å². The van der Waals surface area contributed by atoms with Gasteiger partial charge in [-0.3, -0.25) is 0 Å². The Morgan fingerprint density at radius 3 is 2.95 bits per heavy atom. The van der Waals surface area contributed by atoms with E-state index >= 15 is 0 Å². The topological polar surface area (TPSA) is 107 Å². The fraction of sp³-hybridized carbons (Fsp3) is 0. The van der Waals surface area contributed by atoms with Crippen molar-refractivity contribution in [2.75, 3.05) is 0 Å². The number of nitrogens with zero attached hydrogens (tertiary/aromatic N) is 4. The minimum Gasteiger partial charge on any atom is -0.545 e. The standard InChI is InChI=1S/C11H7N5O2.Li/c17-11(18)7-3-1-2-6(4-7)8-5-12-9-10(13-8)15-16-14-9;/h1-5H,(H,17,18)(H,12,13,14,15,16);/q;+1/p-1. The fourth-order valence-corrected chi connectivity index (χ4v) is 1.60. The van der Waals surface area contributed by atoms with Gasteiger partial charge >= 0.3 is 18.9 Å². The number of aromatic amines is 1. The first-order chi connectivity index (χ1) is 8.74. The molecular formula is C11H6LiN5O2. The molecule has 0 saturated heterocycles. The Morgan fingerprint density at radius 2 is 2.16 bits per heavy atom. The van der Waals surface area contributed by atoms with E-state index in [1.165, 1.54) is 18.3 Å². The maximum Gasteiger partial charge on any atom is 1.00 e. The molecule has 0 fully saturated rings. The van der Waals surface area contributed by atoms with Gasteiger partial charge in [0, 0.05) is 5.56 Å². The van der Waals surface area contributed by atoms with E-state index in [9.17, 15) is 9.90 Å². The smallest absolute Gasteiger partial charge is 0.545 e. The van der Waals surface area contributed by atoms with Crippen molar-refractivity contribution in [3.8, 4) is 11.3 Å². The molecule has 7 nitrogen and oxygen atoms in total. The van der Waals surface area contributed by atoms with Gasteiger partial charge < -0.3 is 9.90 Å². The zero-order chi connectivity index (χ0) is 12.5. The normalized spacial score (nSPS) is 10.1. The molecule has 2 heterocycles. The van der Waals surface area contributed by atoms with E-state index in [2.05, 4.69) is 25.4 Å². The summed E-state index contributed by atoms with van der Waals surface area (Å²) in [5.74, 6) is -1.23. The number of aromatic carboxylic acids is 1. The Kier molecular flexibility index (Phi) is 3.60. The minimum absolute atomic E-state index is 0. The Balaban J connectivity index is 0.00000133. The summed E-state index contributed by atoms with van der Waals surface area (Å²) in [7, 11) is 0. The number of carboxylic acid groups (broad SMARTS) is 1. The van der Waals surface area contributed by atoms with Gasteiger partial charge in [-0.2, -0.15) is 0 Å². The molecule has 8 heteroatoms. The van der Waals surface area contributed by atoms with Gasteiger partial charge in [-0.25, -0.2) is 15.1 Å². The SMILES string of the molecule is O=C([O-])c1cccc(-c2cnc3nn[nH]c3n2)c1.[Li+]. The molecule has 0 radical (unpaired) electrons. The summed E-state index contributed by atoms with van der Waals surface area (Å²) in [5, 5.41) is 20.7. The third-order valence-electron chi connectivity index (χ3n) is 2.45. The van der Waals surface area contributed by atoms with Crippen LogP contribution in [0.25, 0.3) is 22.6 Å². The van der Waals surface area contributed by atoms with Crippen molar-refractivity contribution in [3.05, 3.63) is 36.0 Å². The van der Waals surface area contributed by atoms with E-state index in [1.54, 1.807) is 12.1 Å². The second-order valence-electron chi connectivity index (χ2n) is 3.61. The summed E-state index contributed by atoms with van der Waals surface area (Å²) in [5.41, 5.74) is 2.13. The average Bonchev–Trinajstić information content (AvgIpc) is 2.86. The second kappa shape index (κ2) is 5.18. The maximum atomic E-state index is 10.8. The first-order valence-electron chi connectivity index (χ1n) is 5.09. The third-order valence-corrected chi connectivity index (χ3v) is 2.45.